The van der Waals surface area contributed by atoms with Gasteiger partial charge >= 0.3 is 0 Å². The summed E-state index contributed by atoms with van der Waals surface area (Å²) in [5.74, 6) is 0. The van der Waals surface area contributed by atoms with Crippen molar-refractivity contribution in [1.29, 1.82) is 10.5 Å². The summed E-state index contributed by atoms with van der Waals surface area (Å²) in [6.07, 6.45) is 0. The van der Waals surface area contributed by atoms with Crippen LogP contribution in [-0.4, -0.2) is 19.1 Å². The second-order valence-electron chi connectivity index (χ2n) is 12.9. The van der Waals surface area contributed by atoms with Gasteiger partial charge in [0.1, 0.15) is 12.1 Å². The summed E-state index contributed by atoms with van der Waals surface area (Å²) in [5, 5.41) is 30.3. The minimum atomic E-state index is 0.434. The zero-order valence-corrected chi connectivity index (χ0v) is 26.5. The Labute approximate surface area is 284 Å². The van der Waals surface area contributed by atoms with Gasteiger partial charge in [0.25, 0.3) is 0 Å². The molecule has 0 spiro atoms. The van der Waals surface area contributed by atoms with Crippen LogP contribution in [0.1, 0.15) is 11.1 Å². The van der Waals surface area contributed by atoms with Crippen LogP contribution in [0.2, 0.25) is 0 Å². The predicted molar refractivity (Wildman–Crippen MR) is 203 cm³/mol. The second-order valence-corrected chi connectivity index (χ2v) is 12.9. The molecule has 4 aromatic heterocycles. The molecule has 4 heterocycles. The van der Waals surface area contributed by atoms with Crippen molar-refractivity contribution in [3.63, 3.8) is 0 Å². The number of nitrogens with zero attached hydrogens (tertiary/aromatic N) is 4. The standard InChI is InChI=1S/C44H24N6/c45-23-25-21-26(24-46)40(50-36-16-8-4-12-32(36)42-38(50)20-18-30-28-10-2-6-14-34(28)48-44(30)42)22-39(25)49-35-15-7-3-11-31(35)41-37(49)19-17-29-27-9-1-5-13-33(27)47-43(29)41/h1-22,47-48H. The van der Waals surface area contributed by atoms with Crippen molar-refractivity contribution in [3.05, 3.63) is 145 Å². The van der Waals surface area contributed by atoms with Crippen molar-refractivity contribution in [3.8, 4) is 23.5 Å². The molecule has 6 heteroatoms. The molecule has 0 aliphatic carbocycles. The van der Waals surface area contributed by atoms with E-state index in [-0.39, 0.29) is 0 Å². The van der Waals surface area contributed by atoms with Crippen LogP contribution < -0.4 is 0 Å². The number of aromatic nitrogens is 4. The van der Waals surface area contributed by atoms with Gasteiger partial charge in [-0.1, -0.05) is 84.9 Å². The lowest BCUT2D eigenvalue weighted by atomic mass is 10.1. The van der Waals surface area contributed by atoms with E-state index in [9.17, 15) is 10.5 Å². The number of rotatable bonds is 2. The Hall–Kier alpha value is -7.28. The molecule has 0 saturated carbocycles. The van der Waals surface area contributed by atoms with Gasteiger partial charge in [-0.25, -0.2) is 0 Å². The molecule has 230 valence electrons. The van der Waals surface area contributed by atoms with Gasteiger partial charge in [0.2, 0.25) is 0 Å². The molecule has 50 heavy (non-hydrogen) atoms. The third kappa shape index (κ3) is 3.34. The third-order valence-electron chi connectivity index (χ3n) is 10.5. The topological polar surface area (TPSA) is 89.0 Å². The number of para-hydroxylation sites is 4. The molecule has 0 unspecified atom stereocenters. The van der Waals surface area contributed by atoms with E-state index < -0.39 is 0 Å². The highest BCUT2D eigenvalue weighted by Crippen LogP contribution is 2.42. The van der Waals surface area contributed by atoms with Gasteiger partial charge in [-0.05, 0) is 48.5 Å². The molecular weight excluding hydrogens is 613 g/mol. The maximum atomic E-state index is 10.6. The van der Waals surface area contributed by atoms with E-state index in [4.69, 9.17) is 0 Å². The predicted octanol–water partition coefficient (Wildman–Crippen LogP) is 10.9. The minimum Gasteiger partial charge on any atom is -0.354 e. The number of benzene rings is 7. The number of aromatic amines is 2. The highest BCUT2D eigenvalue weighted by atomic mass is 15.0. The molecular formula is C44H24N6. The smallest absolute Gasteiger partial charge is 0.101 e. The summed E-state index contributed by atoms with van der Waals surface area (Å²) in [6.45, 7) is 0. The molecule has 0 bridgehead atoms. The zero-order valence-electron chi connectivity index (χ0n) is 26.5. The zero-order chi connectivity index (χ0) is 33.1. The van der Waals surface area contributed by atoms with Crippen LogP contribution in [0.4, 0.5) is 0 Å². The number of nitriles is 2. The highest BCUT2D eigenvalue weighted by Gasteiger charge is 2.23. The highest BCUT2D eigenvalue weighted by molar-refractivity contribution is 6.26. The summed E-state index contributed by atoms with van der Waals surface area (Å²) < 4.78 is 4.37. The Bertz CT molecular complexity index is 3130. The lowest BCUT2D eigenvalue weighted by molar-refractivity contribution is 1.12. The molecule has 0 aliphatic rings. The molecule has 11 aromatic rings. The quantitative estimate of drug-likeness (QED) is 0.198. The van der Waals surface area contributed by atoms with E-state index in [1.54, 1.807) is 6.07 Å². The maximum Gasteiger partial charge on any atom is 0.101 e. The number of hydrogen-bond acceptors (Lipinski definition) is 2. The lowest BCUT2D eigenvalue weighted by Crippen LogP contribution is -2.04. The number of fused-ring (bicyclic) bond motifs is 14. The fraction of sp³-hybridized carbons (Fsp3) is 0. The first-order chi connectivity index (χ1) is 24.7. The summed E-state index contributed by atoms with van der Waals surface area (Å²) >= 11 is 0. The molecule has 0 radical (unpaired) electrons. The van der Waals surface area contributed by atoms with E-state index >= 15 is 0 Å². The first kappa shape index (κ1) is 26.8. The van der Waals surface area contributed by atoms with Crippen molar-refractivity contribution in [2.45, 2.75) is 0 Å². The van der Waals surface area contributed by atoms with E-state index in [1.165, 1.54) is 10.8 Å². The summed E-state index contributed by atoms with van der Waals surface area (Å²) in [6, 6.07) is 50.7. The number of nitrogens with one attached hydrogen (secondary N) is 2. The van der Waals surface area contributed by atoms with E-state index in [0.717, 1.165) is 87.8 Å². The number of hydrogen-bond donors (Lipinski definition) is 2. The summed E-state index contributed by atoms with van der Waals surface area (Å²) in [5.41, 5.74) is 10.6. The molecule has 0 saturated heterocycles. The SMILES string of the molecule is N#Cc1cc(C#N)c(-n2c3ccccc3c3c4[nH]c5ccccc5c4ccc32)cc1-n1c2ccccc2c2c3[nH]c4ccccc4c3ccc21. The molecule has 6 nitrogen and oxygen atoms in total. The molecule has 2 N–H and O–H groups in total. The van der Waals surface area contributed by atoms with Gasteiger partial charge in [-0.15, -0.1) is 0 Å². The first-order valence-corrected chi connectivity index (χ1v) is 16.6. The van der Waals surface area contributed by atoms with Crippen molar-refractivity contribution in [2.75, 3.05) is 0 Å². The Morgan fingerprint density at radius 1 is 0.400 bits per heavy atom. The van der Waals surface area contributed by atoms with Gasteiger partial charge in [-0.2, -0.15) is 10.5 Å². The fourth-order valence-corrected chi connectivity index (χ4v) is 8.40. The average molecular weight is 637 g/mol. The fourth-order valence-electron chi connectivity index (χ4n) is 8.40. The molecule has 0 amide bonds. The van der Waals surface area contributed by atoms with Crippen LogP contribution in [-0.2, 0) is 0 Å². The molecule has 7 aromatic carbocycles. The molecule has 0 atom stereocenters. The molecule has 0 aliphatic heterocycles. The molecule has 11 rings (SSSR count). The van der Waals surface area contributed by atoms with E-state index in [2.05, 4.69) is 128 Å². The Kier molecular flexibility index (Phi) is 5.16. The van der Waals surface area contributed by atoms with Crippen LogP contribution >= 0.6 is 0 Å². The van der Waals surface area contributed by atoms with Crippen LogP contribution in [0, 0.1) is 22.7 Å². The van der Waals surface area contributed by atoms with E-state index in [1.807, 2.05) is 30.3 Å². The second kappa shape index (κ2) is 9.64. The maximum absolute atomic E-state index is 10.6. The van der Waals surface area contributed by atoms with Gasteiger partial charge in [0.05, 0.1) is 55.6 Å². The van der Waals surface area contributed by atoms with Crippen LogP contribution in [0.5, 0.6) is 0 Å². The van der Waals surface area contributed by atoms with Gasteiger partial charge in [0.15, 0.2) is 0 Å². The van der Waals surface area contributed by atoms with Gasteiger partial charge < -0.3 is 19.1 Å². The van der Waals surface area contributed by atoms with Crippen molar-refractivity contribution in [1.82, 2.24) is 19.1 Å². The lowest BCUT2D eigenvalue weighted by Gasteiger charge is -2.16. The Morgan fingerprint density at radius 2 is 0.820 bits per heavy atom. The summed E-state index contributed by atoms with van der Waals surface area (Å²) in [7, 11) is 0. The van der Waals surface area contributed by atoms with E-state index in [0.29, 0.717) is 11.1 Å². The van der Waals surface area contributed by atoms with Crippen LogP contribution in [0.15, 0.2) is 133 Å². The average Bonchev–Trinajstić information content (AvgIpc) is 3.91. The van der Waals surface area contributed by atoms with Crippen molar-refractivity contribution < 1.29 is 0 Å². The number of H-pyrrole nitrogens is 2. The minimum absolute atomic E-state index is 0.434. The molecule has 0 fully saturated rings. The monoisotopic (exact) mass is 636 g/mol. The normalized spacial score (nSPS) is 12.0. The first-order valence-electron chi connectivity index (χ1n) is 16.6. The van der Waals surface area contributed by atoms with Crippen LogP contribution in [0.3, 0.4) is 0 Å². The summed E-state index contributed by atoms with van der Waals surface area (Å²) in [4.78, 5) is 7.39. The van der Waals surface area contributed by atoms with Gasteiger partial charge in [-0.3, -0.25) is 0 Å². The Morgan fingerprint density at radius 3 is 1.28 bits per heavy atom. The van der Waals surface area contributed by atoms with Crippen molar-refractivity contribution >= 4 is 87.2 Å². The van der Waals surface area contributed by atoms with Gasteiger partial charge in [0, 0.05) is 54.1 Å². The third-order valence-corrected chi connectivity index (χ3v) is 10.5. The van der Waals surface area contributed by atoms with Crippen LogP contribution in [0.25, 0.3) is 98.6 Å². The van der Waals surface area contributed by atoms with Crippen molar-refractivity contribution in [2.24, 2.45) is 0 Å². The largest absolute Gasteiger partial charge is 0.354 e. The Balaban J connectivity index is 1.27.